The number of aryl methyl sites for hydroxylation is 2. The maximum absolute atomic E-state index is 12.1. The van der Waals surface area contributed by atoms with Gasteiger partial charge in [0.15, 0.2) is 0 Å². The lowest BCUT2D eigenvalue weighted by Gasteiger charge is -2.12. The largest absolute Gasteiger partial charge is 0.345 e. The Kier molecular flexibility index (Phi) is 4.25. The second-order valence-electron chi connectivity index (χ2n) is 5.04. The van der Waals surface area contributed by atoms with Gasteiger partial charge in [-0.05, 0) is 26.3 Å². The number of hydrogen-bond donors (Lipinski definition) is 2. The van der Waals surface area contributed by atoms with Crippen LogP contribution in [0, 0.1) is 13.8 Å². The van der Waals surface area contributed by atoms with Crippen LogP contribution in [-0.4, -0.2) is 18.4 Å². The molecule has 20 heavy (non-hydrogen) atoms. The maximum atomic E-state index is 12.1. The number of sulfonamides is 1. The molecule has 0 aliphatic rings. The number of rotatable bonds is 5. The lowest BCUT2D eigenvalue weighted by Crippen LogP contribution is -2.28. The zero-order chi connectivity index (χ0) is 14.8. The highest BCUT2D eigenvalue weighted by Crippen LogP contribution is 2.12. The molecule has 1 aromatic heterocycles. The molecule has 2 rings (SSSR count). The third kappa shape index (κ3) is 3.91. The Morgan fingerprint density at radius 2 is 1.90 bits per heavy atom. The van der Waals surface area contributed by atoms with Crippen molar-refractivity contribution in [1.29, 1.82) is 0 Å². The number of benzene rings is 1. The van der Waals surface area contributed by atoms with Crippen molar-refractivity contribution in [2.24, 2.45) is 0 Å². The van der Waals surface area contributed by atoms with Crippen LogP contribution in [0.1, 0.15) is 35.6 Å². The SMILES string of the molecule is Cc1ccc(CS(=O)(=O)N[C@@H](C)c2ncc(C)[nH]2)cc1. The first-order valence-electron chi connectivity index (χ1n) is 6.43. The van der Waals surface area contributed by atoms with Gasteiger partial charge in [-0.2, -0.15) is 0 Å². The first kappa shape index (κ1) is 14.7. The van der Waals surface area contributed by atoms with Gasteiger partial charge in [0, 0.05) is 11.9 Å². The minimum Gasteiger partial charge on any atom is -0.345 e. The molecule has 0 amide bonds. The fourth-order valence-electron chi connectivity index (χ4n) is 1.92. The van der Waals surface area contributed by atoms with Crippen molar-refractivity contribution in [3.8, 4) is 0 Å². The summed E-state index contributed by atoms with van der Waals surface area (Å²) in [5.74, 6) is 0.590. The predicted molar refractivity (Wildman–Crippen MR) is 78.7 cm³/mol. The fourth-order valence-corrected chi connectivity index (χ4v) is 3.29. The molecule has 1 heterocycles. The molecule has 0 aliphatic carbocycles. The molecule has 6 heteroatoms. The first-order valence-corrected chi connectivity index (χ1v) is 8.08. The van der Waals surface area contributed by atoms with Gasteiger partial charge in [-0.15, -0.1) is 0 Å². The summed E-state index contributed by atoms with van der Waals surface area (Å²) in [5, 5.41) is 0. The van der Waals surface area contributed by atoms with E-state index in [0.29, 0.717) is 5.82 Å². The van der Waals surface area contributed by atoms with Crippen LogP contribution in [0.15, 0.2) is 30.5 Å². The van der Waals surface area contributed by atoms with Gasteiger partial charge in [0.1, 0.15) is 5.82 Å². The van der Waals surface area contributed by atoms with E-state index in [0.717, 1.165) is 16.8 Å². The quantitative estimate of drug-likeness (QED) is 0.887. The number of nitrogens with zero attached hydrogens (tertiary/aromatic N) is 1. The molecular weight excluding hydrogens is 274 g/mol. The van der Waals surface area contributed by atoms with Gasteiger partial charge < -0.3 is 4.98 Å². The number of H-pyrrole nitrogens is 1. The highest BCUT2D eigenvalue weighted by atomic mass is 32.2. The summed E-state index contributed by atoms with van der Waals surface area (Å²) < 4.78 is 26.9. The van der Waals surface area contributed by atoms with Gasteiger partial charge in [-0.25, -0.2) is 18.1 Å². The van der Waals surface area contributed by atoms with Gasteiger partial charge in [0.25, 0.3) is 0 Å². The topological polar surface area (TPSA) is 74.8 Å². The molecule has 0 saturated carbocycles. The zero-order valence-corrected chi connectivity index (χ0v) is 12.7. The summed E-state index contributed by atoms with van der Waals surface area (Å²) >= 11 is 0. The Hall–Kier alpha value is -1.66. The van der Waals surface area contributed by atoms with Crippen LogP contribution in [-0.2, 0) is 15.8 Å². The Morgan fingerprint density at radius 1 is 1.25 bits per heavy atom. The molecule has 0 saturated heterocycles. The van der Waals surface area contributed by atoms with E-state index in [1.54, 1.807) is 13.1 Å². The lowest BCUT2D eigenvalue weighted by molar-refractivity contribution is 0.560. The van der Waals surface area contributed by atoms with E-state index in [9.17, 15) is 8.42 Å². The third-order valence-electron chi connectivity index (χ3n) is 2.97. The number of nitrogens with one attached hydrogen (secondary N) is 2. The second kappa shape index (κ2) is 5.76. The zero-order valence-electron chi connectivity index (χ0n) is 11.8. The van der Waals surface area contributed by atoms with Crippen molar-refractivity contribution in [2.45, 2.75) is 32.6 Å². The molecule has 1 aromatic carbocycles. The highest BCUT2D eigenvalue weighted by molar-refractivity contribution is 7.88. The molecule has 0 bridgehead atoms. The van der Waals surface area contributed by atoms with Crippen molar-refractivity contribution in [1.82, 2.24) is 14.7 Å². The van der Waals surface area contributed by atoms with Crippen LogP contribution in [0.2, 0.25) is 0 Å². The number of hydrogen-bond acceptors (Lipinski definition) is 3. The molecule has 2 aromatic rings. The van der Waals surface area contributed by atoms with Gasteiger partial charge in [0.2, 0.25) is 10.0 Å². The molecule has 0 spiro atoms. The van der Waals surface area contributed by atoms with Gasteiger partial charge in [-0.1, -0.05) is 29.8 Å². The van der Waals surface area contributed by atoms with E-state index in [2.05, 4.69) is 14.7 Å². The number of aromatic nitrogens is 2. The Labute approximate surface area is 119 Å². The van der Waals surface area contributed by atoms with Gasteiger partial charge in [0.05, 0.1) is 11.8 Å². The van der Waals surface area contributed by atoms with E-state index >= 15 is 0 Å². The molecule has 5 nitrogen and oxygen atoms in total. The summed E-state index contributed by atoms with van der Waals surface area (Å²) in [6.45, 7) is 5.62. The maximum Gasteiger partial charge on any atom is 0.216 e. The summed E-state index contributed by atoms with van der Waals surface area (Å²) in [6.07, 6.45) is 1.68. The van der Waals surface area contributed by atoms with Crippen LogP contribution in [0.3, 0.4) is 0 Å². The van der Waals surface area contributed by atoms with E-state index in [4.69, 9.17) is 0 Å². The summed E-state index contributed by atoms with van der Waals surface area (Å²) in [6, 6.07) is 7.10. The van der Waals surface area contributed by atoms with Crippen molar-refractivity contribution < 1.29 is 8.42 Å². The normalized spacial score (nSPS) is 13.3. The van der Waals surface area contributed by atoms with E-state index < -0.39 is 10.0 Å². The van der Waals surface area contributed by atoms with Crippen LogP contribution >= 0.6 is 0 Å². The molecule has 0 radical (unpaired) electrons. The van der Waals surface area contributed by atoms with Crippen LogP contribution in [0.4, 0.5) is 0 Å². The molecule has 1 atom stereocenters. The summed E-state index contributed by atoms with van der Waals surface area (Å²) in [5.41, 5.74) is 2.79. The Balaban J connectivity index is 2.05. The van der Waals surface area contributed by atoms with Crippen molar-refractivity contribution in [2.75, 3.05) is 0 Å². The van der Waals surface area contributed by atoms with Crippen molar-refractivity contribution in [3.63, 3.8) is 0 Å². The average molecular weight is 293 g/mol. The minimum absolute atomic E-state index is 0.0304. The average Bonchev–Trinajstić information content (AvgIpc) is 2.78. The molecule has 0 fully saturated rings. The third-order valence-corrected chi connectivity index (χ3v) is 4.39. The molecule has 2 N–H and O–H groups in total. The number of aromatic amines is 1. The molecule has 0 aliphatic heterocycles. The Morgan fingerprint density at radius 3 is 2.45 bits per heavy atom. The standard InChI is InChI=1S/C14H19N3O2S/c1-10-4-6-13(7-5-10)9-20(18,19)17-12(3)14-15-8-11(2)16-14/h4-8,12,17H,9H2,1-3H3,(H,15,16)/t12-/m0/s1. The fraction of sp³-hybridized carbons (Fsp3) is 0.357. The van der Waals surface area contributed by atoms with E-state index in [1.165, 1.54) is 0 Å². The molecular formula is C14H19N3O2S. The lowest BCUT2D eigenvalue weighted by atomic mass is 10.2. The van der Waals surface area contributed by atoms with Crippen molar-refractivity contribution in [3.05, 3.63) is 53.1 Å². The van der Waals surface area contributed by atoms with Crippen LogP contribution in [0.25, 0.3) is 0 Å². The smallest absolute Gasteiger partial charge is 0.216 e. The Bertz CT molecular complexity index is 675. The second-order valence-corrected chi connectivity index (χ2v) is 6.79. The monoisotopic (exact) mass is 293 g/mol. The first-order chi connectivity index (χ1) is 9.35. The van der Waals surface area contributed by atoms with Crippen LogP contribution in [0.5, 0.6) is 0 Å². The van der Waals surface area contributed by atoms with Gasteiger partial charge >= 0.3 is 0 Å². The number of imidazole rings is 1. The highest BCUT2D eigenvalue weighted by Gasteiger charge is 2.18. The van der Waals surface area contributed by atoms with Crippen LogP contribution < -0.4 is 4.72 Å². The summed E-state index contributed by atoms with van der Waals surface area (Å²) in [4.78, 5) is 7.17. The molecule has 0 unspecified atom stereocenters. The van der Waals surface area contributed by atoms with Crippen molar-refractivity contribution >= 4 is 10.0 Å². The van der Waals surface area contributed by atoms with E-state index in [1.807, 2.05) is 38.1 Å². The molecule has 108 valence electrons. The van der Waals surface area contributed by atoms with E-state index in [-0.39, 0.29) is 11.8 Å². The predicted octanol–water partition coefficient (Wildman–Crippen LogP) is 2.21. The summed E-state index contributed by atoms with van der Waals surface area (Å²) in [7, 11) is -3.40. The minimum atomic E-state index is -3.40. The van der Waals surface area contributed by atoms with Gasteiger partial charge in [-0.3, -0.25) is 0 Å².